The fourth-order valence-corrected chi connectivity index (χ4v) is 2.43. The van der Waals surface area contributed by atoms with Gasteiger partial charge in [0.05, 0.1) is 12.3 Å². The second kappa shape index (κ2) is 6.78. The molecule has 1 aliphatic heterocycles. The molecule has 1 aromatic carbocycles. The molecule has 114 valence electrons. The fourth-order valence-electron chi connectivity index (χ4n) is 2.43. The number of oxime groups is 1. The Morgan fingerprint density at radius 2 is 2.09 bits per heavy atom. The van der Waals surface area contributed by atoms with Crippen LogP contribution in [0.1, 0.15) is 18.1 Å². The molecule has 1 atom stereocenters. The van der Waals surface area contributed by atoms with Crippen LogP contribution in [0.2, 0.25) is 0 Å². The normalized spacial score (nSPS) is 16.8. The third-order valence-corrected chi connectivity index (χ3v) is 3.52. The van der Waals surface area contributed by atoms with Gasteiger partial charge in [0.25, 0.3) is 0 Å². The molecular weight excluding hydrogens is 284 g/mol. The van der Waals surface area contributed by atoms with Crippen LogP contribution in [0.3, 0.4) is 0 Å². The zero-order chi connectivity index (χ0) is 16.1. The molecule has 22 heavy (non-hydrogen) atoms. The molecular formula is C15H16N4O3. The van der Waals surface area contributed by atoms with Crippen molar-refractivity contribution < 1.29 is 19.2 Å². The Morgan fingerprint density at radius 3 is 2.68 bits per heavy atom. The number of rotatable bonds is 4. The topological polar surface area (TPSA) is 95.4 Å². The number of hydrogen-bond acceptors (Lipinski definition) is 4. The summed E-state index contributed by atoms with van der Waals surface area (Å²) < 4.78 is 0. The van der Waals surface area contributed by atoms with Crippen molar-refractivity contribution in [2.24, 2.45) is 5.16 Å². The molecule has 1 amide bonds. The Bertz CT molecular complexity index is 677. The van der Waals surface area contributed by atoms with E-state index in [1.807, 2.05) is 24.3 Å². The van der Waals surface area contributed by atoms with Crippen LogP contribution in [0.5, 0.6) is 0 Å². The van der Waals surface area contributed by atoms with Crippen molar-refractivity contribution in [3.63, 3.8) is 0 Å². The average molecular weight is 300 g/mol. The van der Waals surface area contributed by atoms with Crippen LogP contribution >= 0.6 is 0 Å². The van der Waals surface area contributed by atoms with E-state index < -0.39 is 17.4 Å². The third-order valence-electron chi connectivity index (χ3n) is 3.52. The van der Waals surface area contributed by atoms with E-state index in [1.165, 1.54) is 25.1 Å². The molecule has 0 aromatic heterocycles. The van der Waals surface area contributed by atoms with Gasteiger partial charge in [-0.25, -0.2) is 0 Å². The molecule has 0 aliphatic carbocycles. The highest BCUT2D eigenvalue weighted by atomic mass is 16.6. The first-order valence-electron chi connectivity index (χ1n) is 6.75. The molecule has 1 aliphatic rings. The van der Waals surface area contributed by atoms with Crippen molar-refractivity contribution in [1.82, 2.24) is 4.90 Å². The molecule has 0 N–H and O–H groups in total. The Hall–Kier alpha value is -2.79. The van der Waals surface area contributed by atoms with Crippen molar-refractivity contribution in [3.8, 4) is 0 Å². The van der Waals surface area contributed by atoms with E-state index in [0.717, 1.165) is 11.1 Å². The van der Waals surface area contributed by atoms with Crippen LogP contribution in [0, 0.1) is 0 Å². The van der Waals surface area contributed by atoms with Gasteiger partial charge < -0.3 is 15.3 Å². The number of hydrogen-bond donors (Lipinski definition) is 0. The lowest BCUT2D eigenvalue weighted by Crippen LogP contribution is -2.49. The minimum Gasteiger partial charge on any atom is -0.399 e. The molecule has 0 saturated carbocycles. The summed E-state index contributed by atoms with van der Waals surface area (Å²) in [4.78, 5) is 32.9. The number of benzene rings is 1. The molecule has 1 unspecified atom stereocenters. The van der Waals surface area contributed by atoms with Gasteiger partial charge in [0.1, 0.15) is 7.11 Å². The van der Waals surface area contributed by atoms with E-state index in [0.29, 0.717) is 13.0 Å². The van der Waals surface area contributed by atoms with Gasteiger partial charge in [-0.3, -0.25) is 9.59 Å². The monoisotopic (exact) mass is 300 g/mol. The lowest BCUT2D eigenvalue weighted by molar-refractivity contribution is -0.133. The van der Waals surface area contributed by atoms with Crippen LogP contribution in [-0.4, -0.2) is 46.5 Å². The van der Waals surface area contributed by atoms with Gasteiger partial charge in [0.2, 0.25) is 5.78 Å². The second-order valence-corrected chi connectivity index (χ2v) is 4.92. The number of Topliss-reactive ketones (excluding diaryl/α,β-unsaturated/α-hetero) is 1. The minimum absolute atomic E-state index is 0.307. The van der Waals surface area contributed by atoms with E-state index in [9.17, 15) is 9.59 Å². The number of fused-ring (bicyclic) bond motifs is 1. The maximum absolute atomic E-state index is 12.5. The van der Waals surface area contributed by atoms with Gasteiger partial charge in [-0.15, -0.1) is 0 Å². The second-order valence-electron chi connectivity index (χ2n) is 4.92. The first-order valence-corrected chi connectivity index (χ1v) is 6.75. The van der Waals surface area contributed by atoms with E-state index in [2.05, 4.69) is 14.8 Å². The van der Waals surface area contributed by atoms with Gasteiger partial charge in [-0.05, 0) is 17.5 Å². The lowest BCUT2D eigenvalue weighted by atomic mass is 9.94. The Morgan fingerprint density at radius 1 is 1.41 bits per heavy atom. The maximum Gasteiger partial charge on any atom is 0.421 e. The summed E-state index contributed by atoms with van der Waals surface area (Å²) in [5.74, 6) is -1.22. The maximum atomic E-state index is 12.5. The van der Waals surface area contributed by atoms with E-state index in [-0.39, 0.29) is 6.04 Å². The van der Waals surface area contributed by atoms with Gasteiger partial charge >= 0.3 is 11.6 Å². The molecule has 0 radical (unpaired) electrons. The van der Waals surface area contributed by atoms with Crippen LogP contribution in [0.4, 0.5) is 0 Å². The number of amides is 1. The van der Waals surface area contributed by atoms with E-state index in [4.69, 9.17) is 5.53 Å². The van der Waals surface area contributed by atoms with Crippen molar-refractivity contribution in [2.45, 2.75) is 25.9 Å². The van der Waals surface area contributed by atoms with Gasteiger partial charge in [0.15, 0.2) is 0 Å². The van der Waals surface area contributed by atoms with Gasteiger partial charge in [-0.1, -0.05) is 29.4 Å². The van der Waals surface area contributed by atoms with Crippen molar-refractivity contribution in [1.29, 1.82) is 0 Å². The smallest absolute Gasteiger partial charge is 0.399 e. The predicted molar refractivity (Wildman–Crippen MR) is 79.3 cm³/mol. The summed E-state index contributed by atoms with van der Waals surface area (Å²) >= 11 is 0. The molecule has 7 nitrogen and oxygen atoms in total. The molecule has 0 saturated heterocycles. The first-order chi connectivity index (χ1) is 10.6. The molecule has 0 bridgehead atoms. The Labute approximate surface area is 127 Å². The third kappa shape index (κ3) is 3.10. The Balaban J connectivity index is 2.38. The molecule has 7 heteroatoms. The van der Waals surface area contributed by atoms with Gasteiger partial charge in [-0.2, -0.15) is 4.79 Å². The van der Waals surface area contributed by atoms with E-state index in [1.54, 1.807) is 0 Å². The highest BCUT2D eigenvalue weighted by Crippen LogP contribution is 2.23. The standard InChI is InChI=1S/C15H16N4O3/c1-10(20)14(18-16)15(21)19-9-12-6-4-3-5-11(12)7-13(19)8-17-22-2/h3-6,8,13H,7,9H2,1-2H3/b17-8+. The lowest BCUT2D eigenvalue weighted by Gasteiger charge is -2.33. The molecule has 0 fully saturated rings. The highest BCUT2D eigenvalue weighted by molar-refractivity contribution is 6.63. The SMILES string of the molecule is CO/N=C/C1Cc2ccccc2CN1C(=O)C(=[N+]=[N-])C(C)=O. The molecule has 1 heterocycles. The van der Waals surface area contributed by atoms with Crippen molar-refractivity contribution in [3.05, 3.63) is 40.9 Å². The van der Waals surface area contributed by atoms with Gasteiger partial charge in [0, 0.05) is 13.5 Å². The fraction of sp³-hybridized carbons (Fsp3) is 0.333. The largest absolute Gasteiger partial charge is 0.421 e. The summed E-state index contributed by atoms with van der Waals surface area (Å²) in [6.45, 7) is 1.49. The zero-order valence-corrected chi connectivity index (χ0v) is 12.4. The quantitative estimate of drug-likeness (QED) is 0.271. The summed E-state index contributed by atoms with van der Waals surface area (Å²) in [5, 5.41) is 3.72. The average Bonchev–Trinajstić information content (AvgIpc) is 2.52. The van der Waals surface area contributed by atoms with Crippen LogP contribution < -0.4 is 0 Å². The van der Waals surface area contributed by atoms with Crippen LogP contribution in [-0.2, 0) is 27.4 Å². The van der Waals surface area contributed by atoms with Crippen molar-refractivity contribution >= 4 is 23.6 Å². The number of ketones is 1. The highest BCUT2D eigenvalue weighted by Gasteiger charge is 2.37. The summed E-state index contributed by atoms with van der Waals surface area (Å²) in [6, 6.07) is 7.34. The summed E-state index contributed by atoms with van der Waals surface area (Å²) in [7, 11) is 1.41. The molecule has 1 aromatic rings. The minimum atomic E-state index is -0.628. The van der Waals surface area contributed by atoms with E-state index >= 15 is 0 Å². The van der Waals surface area contributed by atoms with Crippen molar-refractivity contribution in [2.75, 3.05) is 7.11 Å². The number of carbonyl (C=O) groups excluding carboxylic acids is 2. The zero-order valence-electron chi connectivity index (χ0n) is 12.4. The van der Waals surface area contributed by atoms with Crippen LogP contribution in [0.15, 0.2) is 29.4 Å². The van der Waals surface area contributed by atoms with Crippen LogP contribution in [0.25, 0.3) is 5.53 Å². The number of carbonyl (C=O) groups is 2. The Kier molecular flexibility index (Phi) is 4.80. The summed E-state index contributed by atoms with van der Waals surface area (Å²) in [6.07, 6.45) is 2.05. The molecule has 0 spiro atoms. The number of nitrogens with zero attached hydrogens (tertiary/aromatic N) is 4. The first kappa shape index (κ1) is 15.6. The predicted octanol–water partition coefficient (Wildman–Crippen LogP) is 0.832. The molecule has 2 rings (SSSR count). The summed E-state index contributed by atoms with van der Waals surface area (Å²) in [5.41, 5.74) is 10.5.